The van der Waals surface area contributed by atoms with Gasteiger partial charge in [0, 0.05) is 0 Å². The molecule has 1 aliphatic rings. The van der Waals surface area contributed by atoms with E-state index in [1.54, 1.807) is 0 Å². The van der Waals surface area contributed by atoms with Crippen LogP contribution in [0.3, 0.4) is 0 Å². The Bertz CT molecular complexity index is 327. The van der Waals surface area contributed by atoms with Gasteiger partial charge in [0.25, 0.3) is 0 Å². The maximum atomic E-state index is 5.97. The predicted octanol–water partition coefficient (Wildman–Crippen LogP) is 3.14. The molecule has 1 unspecified atom stereocenters. The molecule has 0 bridgehead atoms. The molecule has 1 saturated carbocycles. The molecule has 1 atom stereocenters. The predicted molar refractivity (Wildman–Crippen MR) is 62.3 cm³/mol. The number of rotatable bonds is 2. The second-order valence-electron chi connectivity index (χ2n) is 3.03. The molecular weight excluding hydrogens is 338 g/mol. The molecule has 0 spiro atoms. The monoisotopic (exact) mass is 344 g/mol. The van der Waals surface area contributed by atoms with Crippen LogP contribution in [0.2, 0.25) is 4.82 Å². The molecule has 70 valence electrons. The van der Waals surface area contributed by atoms with Gasteiger partial charge in [0.15, 0.2) is 0 Å². The third-order valence-corrected chi connectivity index (χ3v) is 6.65. The van der Waals surface area contributed by atoms with Crippen molar-refractivity contribution in [2.45, 2.75) is 15.6 Å². The summed E-state index contributed by atoms with van der Waals surface area (Å²) in [4.78, 5) is 0.498. The van der Waals surface area contributed by atoms with E-state index in [9.17, 15) is 0 Å². The van der Waals surface area contributed by atoms with Crippen LogP contribution in [0.1, 0.15) is 6.42 Å². The van der Waals surface area contributed by atoms with Gasteiger partial charge in [-0.25, -0.2) is 0 Å². The number of alkyl halides is 2. The Morgan fingerprint density at radius 1 is 1.46 bits per heavy atom. The first-order valence-corrected chi connectivity index (χ1v) is 7.27. The van der Waals surface area contributed by atoms with Crippen molar-refractivity contribution in [2.24, 2.45) is 0 Å². The fourth-order valence-electron chi connectivity index (χ4n) is 1.02. The molecule has 0 radical (unpaired) electrons. The van der Waals surface area contributed by atoms with Crippen molar-refractivity contribution >= 4 is 58.6 Å². The van der Waals surface area contributed by atoms with Crippen molar-refractivity contribution in [3.05, 3.63) is 28.7 Å². The van der Waals surface area contributed by atoms with E-state index < -0.39 is 4.33 Å². The summed E-state index contributed by atoms with van der Waals surface area (Å²) in [6, 6.07) is 8.35. The molecule has 2 rings (SSSR count). The zero-order valence-electron chi connectivity index (χ0n) is 6.64. The van der Waals surface area contributed by atoms with Gasteiger partial charge < -0.3 is 0 Å². The molecule has 0 saturated heterocycles. The van der Waals surface area contributed by atoms with Crippen LogP contribution >= 0.6 is 39.1 Å². The Balaban J connectivity index is 2.03. The first kappa shape index (κ1) is 10.3. The third-order valence-electron chi connectivity index (χ3n) is 1.84. The second-order valence-corrected chi connectivity index (χ2v) is 8.16. The normalized spacial score (nSPS) is 24.4. The molecule has 1 aromatic carbocycles. The Labute approximate surface area is 102 Å². The number of halogens is 3. The third kappa shape index (κ3) is 2.64. The summed E-state index contributed by atoms with van der Waals surface area (Å²) in [5.41, 5.74) is 0. The molecule has 1 aliphatic carbocycles. The van der Waals surface area contributed by atoms with Crippen molar-refractivity contribution in [3.63, 3.8) is 0 Å². The van der Waals surface area contributed by atoms with Gasteiger partial charge in [-0.05, 0) is 0 Å². The van der Waals surface area contributed by atoms with Gasteiger partial charge in [-0.15, -0.1) is 0 Å². The molecule has 0 nitrogen and oxygen atoms in total. The maximum absolute atomic E-state index is 5.97. The van der Waals surface area contributed by atoms with Crippen LogP contribution < -0.4 is 4.46 Å². The summed E-state index contributed by atoms with van der Waals surface area (Å²) in [5.74, 6) is 0. The standard InChI is InChI=1S/C9H7BrCl2Se/c10-6-2-1-3-7(4-6)13-8-5-9(8,11)12/h1-4,8H,5H2. The summed E-state index contributed by atoms with van der Waals surface area (Å²) in [7, 11) is 0. The zero-order valence-corrected chi connectivity index (χ0v) is 11.4. The molecule has 0 aromatic heterocycles. The van der Waals surface area contributed by atoms with Crippen LogP contribution in [0.5, 0.6) is 0 Å². The van der Waals surface area contributed by atoms with Crippen molar-refractivity contribution in [1.29, 1.82) is 0 Å². The van der Waals surface area contributed by atoms with E-state index in [4.69, 9.17) is 23.2 Å². The van der Waals surface area contributed by atoms with Gasteiger partial charge in [-0.1, -0.05) is 0 Å². The summed E-state index contributed by atoms with van der Waals surface area (Å²) in [6.07, 6.45) is 0.947. The first-order chi connectivity index (χ1) is 6.08. The molecule has 0 N–H and O–H groups in total. The Morgan fingerprint density at radius 2 is 2.15 bits per heavy atom. The topological polar surface area (TPSA) is 0 Å². The number of benzene rings is 1. The molecule has 0 amide bonds. The fraction of sp³-hybridized carbons (Fsp3) is 0.333. The van der Waals surface area contributed by atoms with Crippen LogP contribution in [-0.2, 0) is 0 Å². The quantitative estimate of drug-likeness (QED) is 0.571. The summed E-state index contributed by atoms with van der Waals surface area (Å²) < 4.78 is 2.06. The Hall–Kier alpha value is 0.799. The van der Waals surface area contributed by atoms with E-state index in [0.29, 0.717) is 19.8 Å². The first-order valence-electron chi connectivity index (χ1n) is 3.88. The molecule has 13 heavy (non-hydrogen) atoms. The van der Waals surface area contributed by atoms with Crippen LogP contribution in [0, 0.1) is 0 Å². The van der Waals surface area contributed by atoms with E-state index in [1.807, 2.05) is 12.1 Å². The van der Waals surface area contributed by atoms with E-state index in [-0.39, 0.29) is 0 Å². The molecule has 4 heteroatoms. The van der Waals surface area contributed by atoms with Gasteiger partial charge >= 0.3 is 103 Å². The van der Waals surface area contributed by atoms with Gasteiger partial charge in [0.1, 0.15) is 0 Å². The SMILES string of the molecule is ClC1(Cl)CC1[Se]c1cccc(Br)c1. The average Bonchev–Trinajstić information content (AvgIpc) is 2.58. The van der Waals surface area contributed by atoms with E-state index in [2.05, 4.69) is 28.1 Å². The fourth-order valence-corrected chi connectivity index (χ4v) is 5.46. The van der Waals surface area contributed by atoms with E-state index in [1.165, 1.54) is 4.46 Å². The molecule has 0 heterocycles. The van der Waals surface area contributed by atoms with Gasteiger partial charge in [0.05, 0.1) is 0 Å². The van der Waals surface area contributed by atoms with Crippen molar-refractivity contribution < 1.29 is 0 Å². The molecule has 0 aliphatic heterocycles. The van der Waals surface area contributed by atoms with Gasteiger partial charge in [-0.3, -0.25) is 0 Å². The van der Waals surface area contributed by atoms with Crippen molar-refractivity contribution in [3.8, 4) is 0 Å². The van der Waals surface area contributed by atoms with Crippen LogP contribution in [-0.4, -0.2) is 19.3 Å². The minimum absolute atomic E-state index is 0.410. The minimum atomic E-state index is -0.428. The molecule has 1 fully saturated rings. The van der Waals surface area contributed by atoms with E-state index >= 15 is 0 Å². The summed E-state index contributed by atoms with van der Waals surface area (Å²) >= 11 is 15.8. The van der Waals surface area contributed by atoms with Crippen LogP contribution in [0.25, 0.3) is 0 Å². The average molecular weight is 345 g/mol. The second kappa shape index (κ2) is 3.75. The van der Waals surface area contributed by atoms with Gasteiger partial charge in [0.2, 0.25) is 0 Å². The molecular formula is C9H7BrCl2Se. The van der Waals surface area contributed by atoms with Crippen LogP contribution in [0.4, 0.5) is 0 Å². The zero-order chi connectivity index (χ0) is 9.47. The Kier molecular flexibility index (Phi) is 2.98. The number of hydrogen-bond acceptors (Lipinski definition) is 0. The van der Waals surface area contributed by atoms with Gasteiger partial charge in [-0.2, -0.15) is 0 Å². The van der Waals surface area contributed by atoms with Crippen LogP contribution in [0.15, 0.2) is 28.7 Å². The van der Waals surface area contributed by atoms with Crippen molar-refractivity contribution in [1.82, 2.24) is 0 Å². The van der Waals surface area contributed by atoms with E-state index in [0.717, 1.165) is 10.9 Å². The summed E-state index contributed by atoms with van der Waals surface area (Å²) in [6.45, 7) is 0. The number of hydrogen-bond donors (Lipinski definition) is 0. The summed E-state index contributed by atoms with van der Waals surface area (Å²) in [5, 5.41) is 0. The Morgan fingerprint density at radius 3 is 2.69 bits per heavy atom. The van der Waals surface area contributed by atoms with Crippen molar-refractivity contribution in [2.75, 3.05) is 0 Å². The molecule has 1 aromatic rings.